The standard InChI is InChI=1S/C15H19N3OS/c1-10-5-6-12(8-15(10)17-20(4)19)13-7-14(16)11(2)18(3)9-13/h5-9,17H,2,16H2,1,3-4H3. The van der Waals surface area contributed by atoms with E-state index in [0.29, 0.717) is 5.70 Å². The monoisotopic (exact) mass is 289 g/mol. The van der Waals surface area contributed by atoms with Crippen molar-refractivity contribution in [2.45, 2.75) is 6.92 Å². The molecule has 106 valence electrons. The Morgan fingerprint density at radius 1 is 1.40 bits per heavy atom. The maximum absolute atomic E-state index is 11.3. The topological polar surface area (TPSA) is 64.3 Å². The fourth-order valence-corrected chi connectivity index (χ4v) is 2.53. The Balaban J connectivity index is 2.39. The molecule has 1 aliphatic rings. The van der Waals surface area contributed by atoms with E-state index in [9.17, 15) is 4.55 Å². The summed E-state index contributed by atoms with van der Waals surface area (Å²) in [7, 11) is 1.91. The third-order valence-corrected chi connectivity index (χ3v) is 3.73. The zero-order valence-corrected chi connectivity index (χ0v) is 12.8. The summed E-state index contributed by atoms with van der Waals surface area (Å²) < 4.78 is 14.3. The van der Waals surface area contributed by atoms with Gasteiger partial charge in [-0.05, 0) is 30.2 Å². The van der Waals surface area contributed by atoms with Gasteiger partial charge in [0.15, 0.2) is 0 Å². The van der Waals surface area contributed by atoms with Gasteiger partial charge < -0.3 is 15.2 Å². The lowest BCUT2D eigenvalue weighted by molar-refractivity contribution is 0.577. The van der Waals surface area contributed by atoms with Gasteiger partial charge >= 0.3 is 0 Å². The van der Waals surface area contributed by atoms with Crippen LogP contribution < -0.4 is 10.5 Å². The van der Waals surface area contributed by atoms with Crippen LogP contribution >= 0.6 is 0 Å². The number of anilines is 1. The number of hydrogen-bond acceptors (Lipinski definition) is 4. The summed E-state index contributed by atoms with van der Waals surface area (Å²) in [6.07, 6.45) is 5.50. The van der Waals surface area contributed by atoms with Crippen LogP contribution in [0.4, 0.5) is 5.69 Å². The van der Waals surface area contributed by atoms with Gasteiger partial charge in [-0.3, -0.25) is 0 Å². The highest BCUT2D eigenvalue weighted by Crippen LogP contribution is 2.28. The first kappa shape index (κ1) is 14.6. The van der Waals surface area contributed by atoms with Crippen LogP contribution in [0.25, 0.3) is 5.57 Å². The number of nitrogens with zero attached hydrogens (tertiary/aromatic N) is 1. The van der Waals surface area contributed by atoms with Crippen LogP contribution in [0.15, 0.2) is 48.4 Å². The maximum Gasteiger partial charge on any atom is 0.121 e. The highest BCUT2D eigenvalue weighted by atomic mass is 32.2. The van der Waals surface area contributed by atoms with E-state index in [2.05, 4.69) is 11.3 Å². The third-order valence-electron chi connectivity index (χ3n) is 3.23. The van der Waals surface area contributed by atoms with Crippen molar-refractivity contribution in [1.82, 2.24) is 4.90 Å². The van der Waals surface area contributed by atoms with Crippen molar-refractivity contribution in [2.75, 3.05) is 18.0 Å². The van der Waals surface area contributed by atoms with E-state index in [1.165, 1.54) is 0 Å². The van der Waals surface area contributed by atoms with E-state index in [4.69, 9.17) is 5.73 Å². The normalized spacial score (nSPS) is 16.6. The molecular formula is C15H19N3OS. The number of likely N-dealkylation sites (N-methyl/N-ethyl adjacent to an activating group) is 1. The van der Waals surface area contributed by atoms with Crippen LogP contribution in [-0.2, 0) is 11.4 Å². The highest BCUT2D eigenvalue weighted by molar-refractivity contribution is 7.92. The minimum absolute atomic E-state index is 0.652. The molecule has 5 heteroatoms. The summed E-state index contributed by atoms with van der Waals surface area (Å²) in [5, 5.41) is 0. The SMILES string of the molecule is C=C1C(N)=CC(c2ccc(C)c(N[S+](C)[O-])c2)=CN1C. The predicted molar refractivity (Wildman–Crippen MR) is 86.0 cm³/mol. The molecule has 1 aromatic carbocycles. The van der Waals surface area contributed by atoms with Crippen LogP contribution in [0.3, 0.4) is 0 Å². The van der Waals surface area contributed by atoms with Crippen molar-refractivity contribution in [3.8, 4) is 0 Å². The lowest BCUT2D eigenvalue weighted by Gasteiger charge is -2.24. The fourth-order valence-electron chi connectivity index (χ4n) is 2.00. The number of hydrogen-bond donors (Lipinski definition) is 2. The molecule has 0 saturated carbocycles. The smallest absolute Gasteiger partial charge is 0.121 e. The number of nitrogens with one attached hydrogen (secondary N) is 1. The Kier molecular flexibility index (Phi) is 4.11. The number of allylic oxidation sites excluding steroid dienone is 2. The van der Waals surface area contributed by atoms with Gasteiger partial charge in [0.25, 0.3) is 0 Å². The molecule has 1 aliphatic heterocycles. The lowest BCUT2D eigenvalue weighted by atomic mass is 10.0. The molecule has 1 atom stereocenters. The largest absolute Gasteiger partial charge is 0.593 e. The molecule has 0 amide bonds. The molecule has 4 nitrogen and oxygen atoms in total. The summed E-state index contributed by atoms with van der Waals surface area (Å²) in [4.78, 5) is 1.90. The van der Waals surface area contributed by atoms with Crippen molar-refractivity contribution in [2.24, 2.45) is 5.73 Å². The molecule has 0 spiro atoms. The number of benzene rings is 1. The van der Waals surface area contributed by atoms with Gasteiger partial charge in [0.1, 0.15) is 6.26 Å². The number of rotatable bonds is 3. The molecule has 2 rings (SSSR count). The van der Waals surface area contributed by atoms with Gasteiger partial charge in [-0.15, -0.1) is 0 Å². The Labute approximate surface area is 123 Å². The first-order valence-electron chi connectivity index (χ1n) is 6.20. The molecule has 1 aromatic rings. The van der Waals surface area contributed by atoms with E-state index in [0.717, 1.165) is 28.1 Å². The van der Waals surface area contributed by atoms with Gasteiger partial charge in [-0.1, -0.05) is 18.7 Å². The van der Waals surface area contributed by atoms with E-state index < -0.39 is 11.4 Å². The van der Waals surface area contributed by atoms with Crippen molar-refractivity contribution < 1.29 is 4.55 Å². The molecule has 0 bridgehead atoms. The molecule has 0 saturated heterocycles. The van der Waals surface area contributed by atoms with Crippen molar-refractivity contribution in [3.63, 3.8) is 0 Å². The van der Waals surface area contributed by atoms with Gasteiger partial charge in [-0.2, -0.15) is 0 Å². The van der Waals surface area contributed by atoms with Crippen molar-refractivity contribution in [1.29, 1.82) is 0 Å². The van der Waals surface area contributed by atoms with Crippen LogP contribution in [0.2, 0.25) is 0 Å². The van der Waals surface area contributed by atoms with Crippen LogP contribution in [0, 0.1) is 6.92 Å². The zero-order chi connectivity index (χ0) is 14.9. The average Bonchev–Trinajstić information content (AvgIpc) is 2.37. The zero-order valence-electron chi connectivity index (χ0n) is 11.9. The third kappa shape index (κ3) is 3.00. The van der Waals surface area contributed by atoms with Gasteiger partial charge in [0.2, 0.25) is 0 Å². The second-order valence-corrected chi connectivity index (χ2v) is 5.94. The molecule has 0 fully saturated rings. The molecule has 1 unspecified atom stereocenters. The summed E-state index contributed by atoms with van der Waals surface area (Å²) in [6.45, 7) is 5.89. The summed E-state index contributed by atoms with van der Waals surface area (Å²) in [5.74, 6) is 0. The van der Waals surface area contributed by atoms with Crippen LogP contribution in [-0.4, -0.2) is 22.8 Å². The summed E-state index contributed by atoms with van der Waals surface area (Å²) in [6, 6.07) is 6.00. The van der Waals surface area contributed by atoms with E-state index in [1.54, 1.807) is 6.26 Å². The minimum Gasteiger partial charge on any atom is -0.593 e. The molecule has 0 aliphatic carbocycles. The summed E-state index contributed by atoms with van der Waals surface area (Å²) >= 11 is -1.09. The molecule has 3 N–H and O–H groups in total. The second kappa shape index (κ2) is 5.64. The minimum atomic E-state index is -1.09. The predicted octanol–water partition coefficient (Wildman–Crippen LogP) is 2.34. The molecule has 0 radical (unpaired) electrons. The van der Waals surface area contributed by atoms with Crippen molar-refractivity contribution >= 4 is 22.6 Å². The van der Waals surface area contributed by atoms with Crippen molar-refractivity contribution in [3.05, 3.63) is 59.6 Å². The quantitative estimate of drug-likeness (QED) is 0.838. The van der Waals surface area contributed by atoms with E-state index in [1.807, 2.05) is 49.3 Å². The fraction of sp³-hybridized carbons (Fsp3) is 0.200. The number of nitrogens with two attached hydrogens (primary N) is 1. The number of aryl methyl sites for hydroxylation is 1. The maximum atomic E-state index is 11.3. The Morgan fingerprint density at radius 3 is 2.70 bits per heavy atom. The average molecular weight is 289 g/mol. The first-order chi connectivity index (χ1) is 9.38. The van der Waals surface area contributed by atoms with Gasteiger partial charge in [-0.25, -0.2) is 4.72 Å². The van der Waals surface area contributed by atoms with E-state index in [-0.39, 0.29) is 0 Å². The molecule has 1 heterocycles. The van der Waals surface area contributed by atoms with E-state index >= 15 is 0 Å². The van der Waals surface area contributed by atoms with Gasteiger partial charge in [0.05, 0.1) is 28.4 Å². The first-order valence-corrected chi connectivity index (χ1v) is 7.76. The molecule has 0 aromatic heterocycles. The Hall–Kier alpha value is -1.85. The summed E-state index contributed by atoms with van der Waals surface area (Å²) in [5.41, 5.74) is 11.3. The Bertz CT molecular complexity index is 605. The lowest BCUT2D eigenvalue weighted by Crippen LogP contribution is -2.19. The van der Waals surface area contributed by atoms with Gasteiger partial charge in [0, 0.05) is 18.8 Å². The van der Waals surface area contributed by atoms with Crippen LogP contribution in [0.1, 0.15) is 11.1 Å². The second-order valence-electron chi connectivity index (χ2n) is 4.83. The molecular weight excluding hydrogens is 270 g/mol. The molecule has 20 heavy (non-hydrogen) atoms. The van der Waals surface area contributed by atoms with Crippen LogP contribution in [0.5, 0.6) is 0 Å². The highest BCUT2D eigenvalue weighted by Gasteiger charge is 2.13. The Morgan fingerprint density at radius 2 is 2.10 bits per heavy atom.